The summed E-state index contributed by atoms with van der Waals surface area (Å²) < 4.78 is 12.6. The van der Waals surface area contributed by atoms with Crippen LogP contribution in [0.3, 0.4) is 0 Å². The van der Waals surface area contributed by atoms with Crippen LogP contribution in [0.5, 0.6) is 11.5 Å². The Balaban J connectivity index is 2.19. The van der Waals surface area contributed by atoms with Gasteiger partial charge in [0.05, 0.1) is 13.2 Å². The Morgan fingerprint density at radius 2 is 1.90 bits per heavy atom. The number of benzene rings is 1. The molecule has 3 rings (SSSR count). The van der Waals surface area contributed by atoms with Gasteiger partial charge >= 0.3 is 0 Å². The van der Waals surface area contributed by atoms with Gasteiger partial charge in [0.1, 0.15) is 5.52 Å². The highest BCUT2D eigenvalue weighted by Crippen LogP contribution is 2.37. The molecule has 0 amide bonds. The number of aromatic nitrogens is 1. The average molecular weight is 274 g/mol. The lowest BCUT2D eigenvalue weighted by Gasteiger charge is -2.18. The molecule has 0 saturated heterocycles. The third kappa shape index (κ3) is 2.09. The fraction of sp³-hybridized carbons (Fsp3) is 0.400. The van der Waals surface area contributed by atoms with E-state index < -0.39 is 0 Å². The van der Waals surface area contributed by atoms with Crippen molar-refractivity contribution in [3.8, 4) is 11.5 Å². The van der Waals surface area contributed by atoms with Crippen LogP contribution < -0.4 is 20.9 Å². The van der Waals surface area contributed by atoms with E-state index in [1.807, 2.05) is 12.1 Å². The third-order valence-electron chi connectivity index (χ3n) is 3.82. The maximum Gasteiger partial charge on any atom is 0.269 e. The summed E-state index contributed by atoms with van der Waals surface area (Å²) in [5, 5.41) is 0.862. The number of hydrogen-bond donors (Lipinski definition) is 1. The zero-order chi connectivity index (χ0) is 14.1. The normalized spacial score (nSPS) is 15.7. The van der Waals surface area contributed by atoms with Gasteiger partial charge in [-0.1, -0.05) is 0 Å². The summed E-state index contributed by atoms with van der Waals surface area (Å²) in [6, 6.07) is 6.92. The van der Waals surface area contributed by atoms with Crippen LogP contribution in [0.25, 0.3) is 10.9 Å². The van der Waals surface area contributed by atoms with Gasteiger partial charge in [-0.2, -0.15) is 0 Å². The van der Waals surface area contributed by atoms with Gasteiger partial charge in [-0.05, 0) is 43.9 Å². The Kier molecular flexibility index (Phi) is 3.26. The van der Waals surface area contributed by atoms with Gasteiger partial charge in [0, 0.05) is 11.5 Å². The van der Waals surface area contributed by atoms with Crippen molar-refractivity contribution in [3.05, 3.63) is 34.6 Å². The monoisotopic (exact) mass is 274 g/mol. The molecule has 1 aliphatic carbocycles. The second-order valence-corrected chi connectivity index (χ2v) is 5.10. The average Bonchev–Trinajstić information content (AvgIpc) is 2.96. The van der Waals surface area contributed by atoms with Crippen molar-refractivity contribution in [2.24, 2.45) is 0 Å². The van der Waals surface area contributed by atoms with Gasteiger partial charge in [-0.25, -0.2) is 4.68 Å². The largest absolute Gasteiger partial charge is 0.493 e. The zero-order valence-electron chi connectivity index (χ0n) is 11.5. The summed E-state index contributed by atoms with van der Waals surface area (Å²) in [6.07, 6.45) is 4.58. The van der Waals surface area contributed by atoms with E-state index in [0.717, 1.165) is 22.9 Å². The highest BCUT2D eigenvalue weighted by Gasteiger charge is 2.21. The third-order valence-corrected chi connectivity index (χ3v) is 3.82. The van der Waals surface area contributed by atoms with Crippen molar-refractivity contribution in [1.82, 2.24) is 4.68 Å². The van der Waals surface area contributed by atoms with Gasteiger partial charge in [0.15, 0.2) is 11.5 Å². The lowest BCUT2D eigenvalue weighted by molar-refractivity contribution is 0.203. The molecule has 1 aromatic carbocycles. The maximum atomic E-state index is 11.8. The van der Waals surface area contributed by atoms with E-state index in [9.17, 15) is 4.79 Å². The molecule has 20 heavy (non-hydrogen) atoms. The SMILES string of the molecule is COc1ccc2ccc(=O)n(N)c2c1OC1CCCC1. The number of nitrogen functional groups attached to an aromatic ring is 1. The standard InChI is InChI=1S/C15H18N2O3/c1-19-12-8-6-10-7-9-13(18)17(16)14(10)15(12)20-11-4-2-3-5-11/h6-9,11H,2-5,16H2,1H3. The van der Waals surface area contributed by atoms with Crippen molar-refractivity contribution in [3.63, 3.8) is 0 Å². The Morgan fingerprint density at radius 3 is 2.60 bits per heavy atom. The van der Waals surface area contributed by atoms with Crippen LogP contribution in [-0.2, 0) is 0 Å². The van der Waals surface area contributed by atoms with E-state index in [4.69, 9.17) is 15.3 Å². The van der Waals surface area contributed by atoms with E-state index in [0.29, 0.717) is 17.0 Å². The first-order valence-corrected chi connectivity index (χ1v) is 6.85. The van der Waals surface area contributed by atoms with Crippen LogP contribution in [0.4, 0.5) is 0 Å². The van der Waals surface area contributed by atoms with E-state index in [1.165, 1.54) is 18.9 Å². The molecule has 1 aliphatic rings. The number of hydrogen-bond acceptors (Lipinski definition) is 4. The molecule has 1 saturated carbocycles. The van der Waals surface area contributed by atoms with Crippen LogP contribution in [0.1, 0.15) is 25.7 Å². The molecule has 0 atom stereocenters. The molecule has 0 unspecified atom stereocenters. The van der Waals surface area contributed by atoms with Crippen molar-refractivity contribution in [2.75, 3.05) is 13.0 Å². The summed E-state index contributed by atoms with van der Waals surface area (Å²) >= 11 is 0. The van der Waals surface area contributed by atoms with Crippen LogP contribution in [-0.4, -0.2) is 17.9 Å². The Hall–Kier alpha value is -2.17. The van der Waals surface area contributed by atoms with Gasteiger partial charge < -0.3 is 15.3 Å². The Bertz CT molecular complexity index is 687. The fourth-order valence-corrected chi connectivity index (χ4v) is 2.75. The number of fused-ring (bicyclic) bond motifs is 1. The molecule has 1 aromatic heterocycles. The van der Waals surface area contributed by atoms with Gasteiger partial charge in [0.25, 0.3) is 5.56 Å². The number of nitrogens with zero attached hydrogens (tertiary/aromatic N) is 1. The molecule has 106 valence electrons. The van der Waals surface area contributed by atoms with Crippen LogP contribution >= 0.6 is 0 Å². The smallest absolute Gasteiger partial charge is 0.269 e. The molecular weight excluding hydrogens is 256 g/mol. The molecule has 5 heteroatoms. The number of rotatable bonds is 3. The minimum atomic E-state index is -0.262. The first kappa shape index (κ1) is 12.8. The summed E-state index contributed by atoms with van der Waals surface area (Å²) in [5.41, 5.74) is 0.325. The minimum Gasteiger partial charge on any atom is -0.493 e. The molecule has 0 aliphatic heterocycles. The summed E-state index contributed by atoms with van der Waals surface area (Å²) in [7, 11) is 1.59. The van der Waals surface area contributed by atoms with Gasteiger partial charge in [0.2, 0.25) is 0 Å². The molecule has 2 aromatic rings. The molecule has 2 N–H and O–H groups in total. The second-order valence-electron chi connectivity index (χ2n) is 5.10. The maximum absolute atomic E-state index is 11.8. The molecule has 1 fully saturated rings. The van der Waals surface area contributed by atoms with Crippen molar-refractivity contribution < 1.29 is 9.47 Å². The minimum absolute atomic E-state index is 0.171. The molecule has 0 radical (unpaired) electrons. The lowest BCUT2D eigenvalue weighted by Crippen LogP contribution is -2.27. The second kappa shape index (κ2) is 5.07. The van der Waals surface area contributed by atoms with Crippen LogP contribution in [0.15, 0.2) is 29.1 Å². The summed E-state index contributed by atoms with van der Waals surface area (Å²) in [5.74, 6) is 7.06. The summed E-state index contributed by atoms with van der Waals surface area (Å²) in [4.78, 5) is 11.8. The predicted molar refractivity (Wildman–Crippen MR) is 77.8 cm³/mol. The van der Waals surface area contributed by atoms with E-state index in [-0.39, 0.29) is 11.7 Å². The first-order valence-electron chi connectivity index (χ1n) is 6.85. The quantitative estimate of drug-likeness (QED) is 0.870. The number of nitrogens with two attached hydrogens (primary N) is 1. The van der Waals surface area contributed by atoms with E-state index in [1.54, 1.807) is 13.2 Å². The Labute approximate surface area is 116 Å². The molecule has 5 nitrogen and oxygen atoms in total. The molecule has 1 heterocycles. The fourth-order valence-electron chi connectivity index (χ4n) is 2.75. The predicted octanol–water partition coefficient (Wildman–Crippen LogP) is 2.05. The summed E-state index contributed by atoms with van der Waals surface area (Å²) in [6.45, 7) is 0. The van der Waals surface area contributed by atoms with E-state index in [2.05, 4.69) is 0 Å². The van der Waals surface area contributed by atoms with Gasteiger partial charge in [-0.3, -0.25) is 4.79 Å². The number of methoxy groups -OCH3 is 1. The van der Waals surface area contributed by atoms with Crippen LogP contribution in [0.2, 0.25) is 0 Å². The molecule has 0 spiro atoms. The van der Waals surface area contributed by atoms with Crippen molar-refractivity contribution >= 4 is 10.9 Å². The van der Waals surface area contributed by atoms with E-state index >= 15 is 0 Å². The highest BCUT2D eigenvalue weighted by molar-refractivity contribution is 5.87. The Morgan fingerprint density at radius 1 is 1.20 bits per heavy atom. The highest BCUT2D eigenvalue weighted by atomic mass is 16.5. The molecule has 0 bridgehead atoms. The van der Waals surface area contributed by atoms with Crippen molar-refractivity contribution in [1.29, 1.82) is 0 Å². The van der Waals surface area contributed by atoms with Crippen molar-refractivity contribution in [2.45, 2.75) is 31.8 Å². The zero-order valence-corrected chi connectivity index (χ0v) is 11.5. The number of ether oxygens (including phenoxy) is 2. The molecular formula is C15H18N2O3. The topological polar surface area (TPSA) is 66.5 Å². The number of pyridine rings is 1. The first-order chi connectivity index (χ1) is 9.70. The lowest BCUT2D eigenvalue weighted by atomic mass is 10.2. The van der Waals surface area contributed by atoms with Gasteiger partial charge in [-0.15, -0.1) is 0 Å². The van der Waals surface area contributed by atoms with Crippen LogP contribution in [0, 0.1) is 0 Å².